The number of Topliss-reactive ketones (excluding diaryl/α,β-unsaturated/α-hetero) is 1. The molecular formula is C18H28O7. The van der Waals surface area contributed by atoms with Gasteiger partial charge in [-0.25, -0.2) is 0 Å². The molecule has 0 radical (unpaired) electrons. The number of carboxylic acids is 1. The fourth-order valence-electron chi connectivity index (χ4n) is 2.76. The third kappa shape index (κ3) is 8.14. The lowest BCUT2D eigenvalue weighted by Crippen LogP contribution is -2.49. The molecule has 25 heavy (non-hydrogen) atoms. The van der Waals surface area contributed by atoms with Crippen molar-refractivity contribution in [3.63, 3.8) is 0 Å². The highest BCUT2D eigenvalue weighted by molar-refractivity contribution is 6.15. The molecule has 1 aliphatic rings. The van der Waals surface area contributed by atoms with E-state index < -0.39 is 35.4 Å². The van der Waals surface area contributed by atoms with E-state index >= 15 is 0 Å². The number of esters is 2. The van der Waals surface area contributed by atoms with Crippen LogP contribution in [0.1, 0.15) is 78.1 Å². The molecule has 1 aliphatic heterocycles. The number of rotatable bonds is 12. The Morgan fingerprint density at radius 1 is 0.840 bits per heavy atom. The molecule has 1 fully saturated rings. The quantitative estimate of drug-likeness (QED) is 0.325. The molecule has 0 aromatic heterocycles. The fraction of sp³-hybridized carbons (Fsp3) is 0.778. The van der Waals surface area contributed by atoms with Crippen molar-refractivity contribution in [2.45, 2.75) is 83.8 Å². The highest BCUT2D eigenvalue weighted by atomic mass is 16.7. The lowest BCUT2D eigenvalue weighted by atomic mass is 9.97. The highest BCUT2D eigenvalue weighted by Crippen LogP contribution is 2.25. The van der Waals surface area contributed by atoms with E-state index in [-0.39, 0.29) is 12.8 Å². The topological polar surface area (TPSA) is 107 Å². The molecule has 0 bridgehead atoms. The summed E-state index contributed by atoms with van der Waals surface area (Å²) >= 11 is 0. The van der Waals surface area contributed by atoms with Crippen LogP contribution in [-0.2, 0) is 28.7 Å². The summed E-state index contributed by atoms with van der Waals surface area (Å²) in [5.41, 5.74) is 0. The van der Waals surface area contributed by atoms with Gasteiger partial charge in [0.1, 0.15) is 0 Å². The first-order chi connectivity index (χ1) is 11.7. The molecule has 7 heteroatoms. The van der Waals surface area contributed by atoms with Gasteiger partial charge in [-0.3, -0.25) is 19.2 Å². The molecule has 0 aromatic carbocycles. The van der Waals surface area contributed by atoms with Crippen LogP contribution in [0.3, 0.4) is 0 Å². The number of ether oxygens (including phenoxy) is 2. The summed E-state index contributed by atoms with van der Waals surface area (Å²) in [4.78, 5) is 46.0. The molecule has 0 amide bonds. The molecule has 0 aliphatic carbocycles. The smallest absolute Gasteiger partial charge is 0.331 e. The predicted octanol–water partition coefficient (Wildman–Crippen LogP) is 2.99. The Kier molecular flexibility index (Phi) is 8.58. The summed E-state index contributed by atoms with van der Waals surface area (Å²) in [6.45, 7) is 2.90. The van der Waals surface area contributed by atoms with Crippen LogP contribution in [0.5, 0.6) is 0 Å². The van der Waals surface area contributed by atoms with E-state index in [1.165, 1.54) is 13.8 Å². The van der Waals surface area contributed by atoms with Gasteiger partial charge in [0.2, 0.25) is 5.92 Å². The number of ketones is 1. The second-order valence-electron chi connectivity index (χ2n) is 6.86. The number of cyclic esters (lactones) is 2. The zero-order chi connectivity index (χ0) is 18.9. The van der Waals surface area contributed by atoms with E-state index in [1.807, 2.05) is 0 Å². The van der Waals surface area contributed by atoms with Gasteiger partial charge in [-0.05, 0) is 12.8 Å². The van der Waals surface area contributed by atoms with E-state index in [4.69, 9.17) is 14.6 Å². The molecule has 1 heterocycles. The summed E-state index contributed by atoms with van der Waals surface area (Å²) < 4.78 is 9.89. The van der Waals surface area contributed by atoms with Crippen molar-refractivity contribution in [2.75, 3.05) is 0 Å². The zero-order valence-corrected chi connectivity index (χ0v) is 15.0. The Labute approximate surface area is 148 Å². The van der Waals surface area contributed by atoms with Crippen molar-refractivity contribution in [1.82, 2.24) is 0 Å². The van der Waals surface area contributed by atoms with Gasteiger partial charge in [0, 0.05) is 26.7 Å². The van der Waals surface area contributed by atoms with E-state index in [2.05, 4.69) is 0 Å². The first-order valence-corrected chi connectivity index (χ1v) is 8.93. The first-order valence-electron chi connectivity index (χ1n) is 8.93. The van der Waals surface area contributed by atoms with E-state index in [0.29, 0.717) is 12.8 Å². The van der Waals surface area contributed by atoms with Crippen molar-refractivity contribution in [3.8, 4) is 0 Å². The number of hydrogen-bond donors (Lipinski definition) is 1. The van der Waals surface area contributed by atoms with Crippen molar-refractivity contribution < 1.29 is 33.8 Å². The SMILES string of the molecule is CC1(C)OC(=O)C(C(=O)CCCCCCCCCCC(=O)O)C(=O)O1. The molecule has 1 N–H and O–H groups in total. The molecule has 1 rings (SSSR count). The summed E-state index contributed by atoms with van der Waals surface area (Å²) in [5, 5.41) is 8.53. The molecule has 0 unspecified atom stereocenters. The maximum absolute atomic E-state index is 12.0. The maximum Gasteiger partial charge on any atom is 0.331 e. The van der Waals surface area contributed by atoms with Crippen LogP contribution in [0.15, 0.2) is 0 Å². The van der Waals surface area contributed by atoms with Gasteiger partial charge in [-0.2, -0.15) is 0 Å². The Bertz CT molecular complexity index is 476. The number of aliphatic carboxylic acids is 1. The maximum atomic E-state index is 12.0. The summed E-state index contributed by atoms with van der Waals surface area (Å²) in [5.74, 6) is -5.60. The van der Waals surface area contributed by atoms with Gasteiger partial charge in [-0.1, -0.05) is 38.5 Å². The van der Waals surface area contributed by atoms with Gasteiger partial charge in [-0.15, -0.1) is 0 Å². The first kappa shape index (κ1) is 21.1. The minimum atomic E-state index is -1.44. The molecule has 0 spiro atoms. The van der Waals surface area contributed by atoms with Gasteiger partial charge >= 0.3 is 17.9 Å². The van der Waals surface area contributed by atoms with Crippen molar-refractivity contribution >= 4 is 23.7 Å². The third-order valence-electron chi connectivity index (χ3n) is 4.05. The Hall–Kier alpha value is -1.92. The van der Waals surface area contributed by atoms with Gasteiger partial charge in [0.05, 0.1) is 0 Å². The monoisotopic (exact) mass is 356 g/mol. The third-order valence-corrected chi connectivity index (χ3v) is 4.05. The molecular weight excluding hydrogens is 328 g/mol. The van der Waals surface area contributed by atoms with Gasteiger partial charge < -0.3 is 14.6 Å². The number of carboxylic acid groups (broad SMARTS) is 1. The number of unbranched alkanes of at least 4 members (excludes halogenated alkanes) is 7. The van der Waals surface area contributed by atoms with Crippen LogP contribution in [-0.4, -0.2) is 34.6 Å². The van der Waals surface area contributed by atoms with E-state index in [0.717, 1.165) is 38.5 Å². The largest absolute Gasteiger partial charge is 0.481 e. The van der Waals surface area contributed by atoms with Crippen molar-refractivity contribution in [1.29, 1.82) is 0 Å². The van der Waals surface area contributed by atoms with Crippen LogP contribution >= 0.6 is 0 Å². The molecule has 0 atom stereocenters. The average Bonchev–Trinajstić information content (AvgIpc) is 2.46. The Morgan fingerprint density at radius 2 is 1.24 bits per heavy atom. The van der Waals surface area contributed by atoms with Gasteiger partial charge in [0.25, 0.3) is 5.79 Å². The number of carbonyl (C=O) groups excluding carboxylic acids is 3. The molecule has 7 nitrogen and oxygen atoms in total. The summed E-state index contributed by atoms with van der Waals surface area (Å²) in [6, 6.07) is 0. The average molecular weight is 356 g/mol. The van der Waals surface area contributed by atoms with Crippen LogP contribution in [0.2, 0.25) is 0 Å². The molecule has 0 saturated carbocycles. The lowest BCUT2D eigenvalue weighted by Gasteiger charge is -2.32. The number of carbonyl (C=O) groups is 4. The number of hydrogen-bond acceptors (Lipinski definition) is 6. The van der Waals surface area contributed by atoms with E-state index in [9.17, 15) is 19.2 Å². The fourth-order valence-corrected chi connectivity index (χ4v) is 2.76. The zero-order valence-electron chi connectivity index (χ0n) is 15.0. The van der Waals surface area contributed by atoms with Crippen molar-refractivity contribution in [3.05, 3.63) is 0 Å². The standard InChI is InChI=1S/C18H28O7/c1-18(2)24-16(22)15(17(23)25-18)13(19)11-9-7-5-3-4-6-8-10-12-14(20)21/h15H,3-12H2,1-2H3,(H,20,21). The van der Waals surface area contributed by atoms with E-state index in [1.54, 1.807) is 0 Å². The molecule has 0 aromatic rings. The Balaban J connectivity index is 2.10. The van der Waals surface area contributed by atoms with Gasteiger partial charge in [0.15, 0.2) is 5.78 Å². The summed E-state index contributed by atoms with van der Waals surface area (Å²) in [6.07, 6.45) is 7.56. The minimum Gasteiger partial charge on any atom is -0.481 e. The van der Waals surface area contributed by atoms with Crippen LogP contribution < -0.4 is 0 Å². The second-order valence-corrected chi connectivity index (χ2v) is 6.86. The Morgan fingerprint density at radius 3 is 1.68 bits per heavy atom. The summed E-state index contributed by atoms with van der Waals surface area (Å²) in [7, 11) is 0. The molecule has 1 saturated heterocycles. The highest BCUT2D eigenvalue weighted by Gasteiger charge is 2.46. The molecule has 142 valence electrons. The predicted molar refractivity (Wildman–Crippen MR) is 88.6 cm³/mol. The van der Waals surface area contributed by atoms with Crippen LogP contribution in [0.25, 0.3) is 0 Å². The normalized spacial score (nSPS) is 17.0. The lowest BCUT2D eigenvalue weighted by molar-refractivity contribution is -0.238. The van der Waals surface area contributed by atoms with Crippen LogP contribution in [0, 0.1) is 5.92 Å². The van der Waals surface area contributed by atoms with Crippen LogP contribution in [0.4, 0.5) is 0 Å². The second kappa shape index (κ2) is 10.2. The minimum absolute atomic E-state index is 0.161. The van der Waals surface area contributed by atoms with Crippen molar-refractivity contribution in [2.24, 2.45) is 5.92 Å².